The molecule has 0 aliphatic heterocycles. The predicted octanol–water partition coefficient (Wildman–Crippen LogP) is 5.54. The summed E-state index contributed by atoms with van der Waals surface area (Å²) in [5.74, 6) is -0.0270. The summed E-state index contributed by atoms with van der Waals surface area (Å²) in [6.45, 7) is 0. The minimum atomic E-state index is -0.587. The summed E-state index contributed by atoms with van der Waals surface area (Å²) in [6.07, 6.45) is 1.42. The van der Waals surface area contributed by atoms with Gasteiger partial charge in [-0.25, -0.2) is 14.2 Å². The van der Waals surface area contributed by atoms with Crippen molar-refractivity contribution in [1.29, 1.82) is 0 Å². The molecular formula is C18H10Cl2FNO3. The Morgan fingerprint density at radius 3 is 2.24 bits per heavy atom. The van der Waals surface area contributed by atoms with Crippen LogP contribution in [0.5, 0.6) is 17.4 Å². The number of rotatable bonds is 4. The summed E-state index contributed by atoms with van der Waals surface area (Å²) in [6, 6.07) is 12.9. The second-order valence-corrected chi connectivity index (χ2v) is 5.75. The minimum Gasteiger partial charge on any atom is -0.438 e. The average Bonchev–Trinajstić information content (AvgIpc) is 2.59. The van der Waals surface area contributed by atoms with Crippen LogP contribution in [0.15, 0.2) is 60.8 Å². The molecular weight excluding hydrogens is 368 g/mol. The first kappa shape index (κ1) is 17.2. The maximum Gasteiger partial charge on any atom is 0.343 e. The van der Waals surface area contributed by atoms with Crippen molar-refractivity contribution in [1.82, 2.24) is 4.98 Å². The van der Waals surface area contributed by atoms with E-state index in [4.69, 9.17) is 32.7 Å². The number of pyridine rings is 1. The van der Waals surface area contributed by atoms with Crippen molar-refractivity contribution in [3.63, 3.8) is 0 Å². The first-order chi connectivity index (χ1) is 12.0. The molecule has 1 heterocycles. The van der Waals surface area contributed by atoms with Crippen LogP contribution < -0.4 is 9.47 Å². The molecule has 0 unspecified atom stereocenters. The van der Waals surface area contributed by atoms with Crippen LogP contribution in [0, 0.1) is 5.82 Å². The Hall–Kier alpha value is -2.63. The molecule has 0 bridgehead atoms. The molecule has 0 amide bonds. The SMILES string of the molecule is O=C(Oc1ccc(Oc2ncc(Cl)cc2Cl)cc1)c1ccc(F)cc1. The number of hydrogen-bond acceptors (Lipinski definition) is 4. The Balaban J connectivity index is 1.67. The Bertz CT molecular complexity index is 899. The van der Waals surface area contributed by atoms with Gasteiger partial charge in [0.25, 0.3) is 0 Å². The molecule has 0 N–H and O–H groups in total. The van der Waals surface area contributed by atoms with Gasteiger partial charge in [-0.3, -0.25) is 0 Å². The molecule has 2 aromatic carbocycles. The fourth-order valence-corrected chi connectivity index (χ4v) is 2.34. The van der Waals surface area contributed by atoms with Crippen molar-refractivity contribution in [2.75, 3.05) is 0 Å². The van der Waals surface area contributed by atoms with Crippen molar-refractivity contribution < 1.29 is 18.7 Å². The van der Waals surface area contributed by atoms with Gasteiger partial charge in [0.15, 0.2) is 0 Å². The monoisotopic (exact) mass is 377 g/mol. The van der Waals surface area contributed by atoms with E-state index >= 15 is 0 Å². The Kier molecular flexibility index (Phi) is 5.16. The molecule has 0 saturated heterocycles. The van der Waals surface area contributed by atoms with E-state index in [0.717, 1.165) is 0 Å². The molecule has 0 spiro atoms. The highest BCUT2D eigenvalue weighted by Gasteiger charge is 2.10. The maximum absolute atomic E-state index is 12.9. The number of nitrogens with zero attached hydrogens (tertiary/aromatic N) is 1. The molecule has 0 aliphatic rings. The summed E-state index contributed by atoms with van der Waals surface area (Å²) in [5.41, 5.74) is 0.249. The van der Waals surface area contributed by atoms with E-state index in [1.165, 1.54) is 36.5 Å². The topological polar surface area (TPSA) is 48.4 Å². The highest BCUT2D eigenvalue weighted by molar-refractivity contribution is 6.35. The van der Waals surface area contributed by atoms with Gasteiger partial charge in [-0.2, -0.15) is 0 Å². The number of ether oxygens (including phenoxy) is 2. The molecule has 1 aromatic heterocycles. The van der Waals surface area contributed by atoms with E-state index < -0.39 is 11.8 Å². The lowest BCUT2D eigenvalue weighted by molar-refractivity contribution is 0.0734. The van der Waals surface area contributed by atoms with Crippen LogP contribution in [0.2, 0.25) is 10.0 Å². The highest BCUT2D eigenvalue weighted by Crippen LogP contribution is 2.30. The summed E-state index contributed by atoms with van der Waals surface area (Å²) in [7, 11) is 0. The normalized spacial score (nSPS) is 10.4. The van der Waals surface area contributed by atoms with Gasteiger partial charge in [-0.15, -0.1) is 0 Å². The lowest BCUT2D eigenvalue weighted by atomic mass is 10.2. The van der Waals surface area contributed by atoms with Crippen LogP contribution in [0.25, 0.3) is 0 Å². The van der Waals surface area contributed by atoms with E-state index in [1.807, 2.05) is 0 Å². The summed E-state index contributed by atoms with van der Waals surface area (Å²) in [4.78, 5) is 16.0. The quantitative estimate of drug-likeness (QED) is 0.442. The van der Waals surface area contributed by atoms with Crippen molar-refractivity contribution in [2.24, 2.45) is 0 Å². The number of aromatic nitrogens is 1. The second kappa shape index (κ2) is 7.51. The Labute approximate surface area is 152 Å². The summed E-state index contributed by atoms with van der Waals surface area (Å²) >= 11 is 11.8. The third-order valence-corrected chi connectivity index (χ3v) is 3.58. The molecule has 0 radical (unpaired) electrons. The fourth-order valence-electron chi connectivity index (χ4n) is 1.92. The van der Waals surface area contributed by atoms with Crippen LogP contribution in [0.3, 0.4) is 0 Å². The van der Waals surface area contributed by atoms with E-state index in [1.54, 1.807) is 24.3 Å². The Morgan fingerprint density at radius 2 is 1.60 bits per heavy atom. The molecule has 126 valence electrons. The predicted molar refractivity (Wildman–Crippen MR) is 92.1 cm³/mol. The molecule has 0 fully saturated rings. The summed E-state index contributed by atoms with van der Waals surface area (Å²) < 4.78 is 23.6. The third kappa shape index (κ3) is 4.47. The van der Waals surface area contributed by atoms with Gasteiger partial charge in [0.05, 0.1) is 10.6 Å². The van der Waals surface area contributed by atoms with Crippen LogP contribution in [-0.4, -0.2) is 11.0 Å². The average molecular weight is 378 g/mol. The van der Waals surface area contributed by atoms with Gasteiger partial charge < -0.3 is 9.47 Å². The van der Waals surface area contributed by atoms with Gasteiger partial charge in [0.2, 0.25) is 5.88 Å². The second-order valence-electron chi connectivity index (χ2n) is 4.91. The smallest absolute Gasteiger partial charge is 0.343 e. The standard InChI is InChI=1S/C18H10Cl2FNO3/c19-12-9-16(20)17(22-10-12)24-14-5-7-15(8-6-14)25-18(23)11-1-3-13(21)4-2-11/h1-10H. The van der Waals surface area contributed by atoms with Gasteiger partial charge in [0, 0.05) is 6.20 Å². The lowest BCUT2D eigenvalue weighted by Crippen LogP contribution is -2.08. The van der Waals surface area contributed by atoms with Crippen LogP contribution in [0.4, 0.5) is 4.39 Å². The molecule has 3 rings (SSSR count). The van der Waals surface area contributed by atoms with Gasteiger partial charge in [-0.05, 0) is 54.6 Å². The molecule has 7 heteroatoms. The number of halogens is 3. The van der Waals surface area contributed by atoms with Crippen LogP contribution in [-0.2, 0) is 0 Å². The zero-order valence-corrected chi connectivity index (χ0v) is 14.1. The number of carbonyl (C=O) groups excluding carboxylic acids is 1. The van der Waals surface area contributed by atoms with Crippen LogP contribution in [0.1, 0.15) is 10.4 Å². The summed E-state index contributed by atoms with van der Waals surface area (Å²) in [5, 5.41) is 0.680. The van der Waals surface area contributed by atoms with Gasteiger partial charge >= 0.3 is 5.97 Å². The van der Waals surface area contributed by atoms with Crippen molar-refractivity contribution in [3.05, 3.63) is 82.2 Å². The molecule has 0 saturated carbocycles. The molecule has 3 aromatic rings. The molecule has 0 atom stereocenters. The van der Waals surface area contributed by atoms with Gasteiger partial charge in [-0.1, -0.05) is 23.2 Å². The number of hydrogen-bond donors (Lipinski definition) is 0. The molecule has 25 heavy (non-hydrogen) atoms. The highest BCUT2D eigenvalue weighted by atomic mass is 35.5. The first-order valence-electron chi connectivity index (χ1n) is 7.08. The van der Waals surface area contributed by atoms with E-state index in [2.05, 4.69) is 4.98 Å². The van der Waals surface area contributed by atoms with Gasteiger partial charge in [0.1, 0.15) is 22.3 Å². The number of esters is 1. The molecule has 4 nitrogen and oxygen atoms in total. The Morgan fingerprint density at radius 1 is 0.960 bits per heavy atom. The van der Waals surface area contributed by atoms with Crippen LogP contribution >= 0.6 is 23.2 Å². The lowest BCUT2D eigenvalue weighted by Gasteiger charge is -2.08. The van der Waals surface area contributed by atoms with Crippen molar-refractivity contribution in [2.45, 2.75) is 0 Å². The number of benzene rings is 2. The van der Waals surface area contributed by atoms with E-state index in [9.17, 15) is 9.18 Å². The number of carbonyl (C=O) groups is 1. The zero-order valence-electron chi connectivity index (χ0n) is 12.6. The fraction of sp³-hybridized carbons (Fsp3) is 0. The minimum absolute atomic E-state index is 0.210. The van der Waals surface area contributed by atoms with E-state index in [0.29, 0.717) is 16.5 Å². The zero-order chi connectivity index (χ0) is 17.8. The maximum atomic E-state index is 12.9. The van der Waals surface area contributed by atoms with Crippen molar-refractivity contribution in [3.8, 4) is 17.4 Å². The van der Waals surface area contributed by atoms with E-state index in [-0.39, 0.29) is 16.5 Å². The molecule has 0 aliphatic carbocycles. The first-order valence-corrected chi connectivity index (χ1v) is 7.83. The largest absolute Gasteiger partial charge is 0.438 e. The van der Waals surface area contributed by atoms with Crippen molar-refractivity contribution >= 4 is 29.2 Å². The third-order valence-electron chi connectivity index (χ3n) is 3.10.